The second kappa shape index (κ2) is 4.23. The normalized spacial score (nSPS) is 10.6. The Bertz CT molecular complexity index is 413. The molecule has 0 unspecified atom stereocenters. The number of anilines is 1. The molecule has 1 N–H and O–H groups in total. The Hall–Kier alpha value is -1.36. The van der Waals surface area contributed by atoms with E-state index in [1.165, 1.54) is 0 Å². The third kappa shape index (κ3) is 1.93. The van der Waals surface area contributed by atoms with E-state index in [-0.39, 0.29) is 0 Å². The number of halogens is 1. The number of nitrogens with one attached hydrogen (secondary N) is 1. The first kappa shape index (κ1) is 9.21. The van der Waals surface area contributed by atoms with E-state index in [1.54, 1.807) is 10.8 Å². The lowest BCUT2D eigenvalue weighted by Crippen LogP contribution is -2.05. The number of alkyl halides is 1. The van der Waals surface area contributed by atoms with Crippen LogP contribution in [0.15, 0.2) is 18.5 Å². The van der Waals surface area contributed by atoms with Gasteiger partial charge in [-0.1, -0.05) is 0 Å². The van der Waals surface area contributed by atoms with Gasteiger partial charge < -0.3 is 5.32 Å². The second-order valence-corrected chi connectivity index (χ2v) is 3.20. The standard InChI is InChI=1S/C8H10ClN5/c9-4-1-5-10-7-2-3-8-12-11-6-14(8)13-7/h2-3,6H,1,4-5H2,(H,10,13). The summed E-state index contributed by atoms with van der Waals surface area (Å²) in [4.78, 5) is 0. The number of fused-ring (bicyclic) bond motifs is 1. The predicted octanol–water partition coefficient (Wildman–Crippen LogP) is 1.17. The fraction of sp³-hybridized carbons (Fsp3) is 0.375. The van der Waals surface area contributed by atoms with E-state index in [0.717, 1.165) is 24.4 Å². The summed E-state index contributed by atoms with van der Waals surface area (Å²) in [6.07, 6.45) is 2.49. The van der Waals surface area contributed by atoms with Gasteiger partial charge in [-0.15, -0.1) is 26.9 Å². The van der Waals surface area contributed by atoms with E-state index in [2.05, 4.69) is 20.6 Å². The van der Waals surface area contributed by atoms with Crippen LogP contribution in [0.4, 0.5) is 5.82 Å². The minimum atomic E-state index is 0.655. The van der Waals surface area contributed by atoms with Gasteiger partial charge in [0.15, 0.2) is 5.65 Å². The van der Waals surface area contributed by atoms with Crippen LogP contribution in [-0.4, -0.2) is 32.2 Å². The lowest BCUT2D eigenvalue weighted by atomic mass is 10.4. The van der Waals surface area contributed by atoms with Gasteiger partial charge in [0.1, 0.15) is 12.1 Å². The summed E-state index contributed by atoms with van der Waals surface area (Å²) in [6, 6.07) is 3.74. The van der Waals surface area contributed by atoms with Crippen molar-refractivity contribution in [3.05, 3.63) is 18.5 Å². The lowest BCUT2D eigenvalue weighted by Gasteiger charge is -2.03. The Labute approximate surface area is 86.1 Å². The van der Waals surface area contributed by atoms with Crippen molar-refractivity contribution in [3.63, 3.8) is 0 Å². The molecule has 0 radical (unpaired) electrons. The molecule has 0 atom stereocenters. The highest BCUT2D eigenvalue weighted by Gasteiger charge is 1.97. The van der Waals surface area contributed by atoms with Gasteiger partial charge >= 0.3 is 0 Å². The topological polar surface area (TPSA) is 55.1 Å². The molecule has 0 aromatic carbocycles. The second-order valence-electron chi connectivity index (χ2n) is 2.82. The Morgan fingerprint density at radius 3 is 3.21 bits per heavy atom. The van der Waals surface area contributed by atoms with Gasteiger partial charge in [-0.3, -0.25) is 0 Å². The Morgan fingerprint density at radius 2 is 2.36 bits per heavy atom. The maximum absolute atomic E-state index is 5.56. The van der Waals surface area contributed by atoms with Crippen LogP contribution in [0.2, 0.25) is 0 Å². The van der Waals surface area contributed by atoms with Crippen molar-refractivity contribution >= 4 is 23.1 Å². The monoisotopic (exact) mass is 211 g/mol. The smallest absolute Gasteiger partial charge is 0.177 e. The third-order valence-electron chi connectivity index (χ3n) is 1.78. The van der Waals surface area contributed by atoms with E-state index in [0.29, 0.717) is 5.88 Å². The van der Waals surface area contributed by atoms with Gasteiger partial charge in [0, 0.05) is 12.4 Å². The fourth-order valence-corrected chi connectivity index (χ4v) is 1.24. The molecule has 0 amide bonds. The average molecular weight is 212 g/mol. The van der Waals surface area contributed by atoms with Crippen LogP contribution >= 0.6 is 11.6 Å². The van der Waals surface area contributed by atoms with E-state index in [4.69, 9.17) is 11.6 Å². The molecular weight excluding hydrogens is 202 g/mol. The van der Waals surface area contributed by atoms with Gasteiger partial charge in [-0.25, -0.2) is 0 Å². The Kier molecular flexibility index (Phi) is 2.78. The summed E-state index contributed by atoms with van der Waals surface area (Å²) in [5.41, 5.74) is 0.743. The maximum atomic E-state index is 5.56. The summed E-state index contributed by atoms with van der Waals surface area (Å²) in [6.45, 7) is 0.824. The number of aromatic nitrogens is 4. The minimum Gasteiger partial charge on any atom is -0.369 e. The largest absolute Gasteiger partial charge is 0.369 e. The number of hydrogen-bond acceptors (Lipinski definition) is 4. The van der Waals surface area contributed by atoms with Crippen LogP contribution in [0.5, 0.6) is 0 Å². The van der Waals surface area contributed by atoms with Crippen molar-refractivity contribution in [3.8, 4) is 0 Å². The zero-order valence-corrected chi connectivity index (χ0v) is 8.28. The molecular formula is C8H10ClN5. The highest BCUT2D eigenvalue weighted by atomic mass is 35.5. The SMILES string of the molecule is ClCCCNc1ccc2nncn2n1. The zero-order valence-electron chi connectivity index (χ0n) is 7.52. The van der Waals surface area contributed by atoms with Gasteiger partial charge in [-0.2, -0.15) is 4.52 Å². The summed E-state index contributed by atoms with van der Waals surface area (Å²) in [5.74, 6) is 1.46. The van der Waals surface area contributed by atoms with Crippen LogP contribution in [0.1, 0.15) is 6.42 Å². The summed E-state index contributed by atoms with van der Waals surface area (Å²) in [5, 5.41) is 15.0. The zero-order chi connectivity index (χ0) is 9.80. The van der Waals surface area contributed by atoms with E-state index < -0.39 is 0 Å². The maximum Gasteiger partial charge on any atom is 0.177 e. The van der Waals surface area contributed by atoms with Crippen molar-refractivity contribution in [2.45, 2.75) is 6.42 Å². The summed E-state index contributed by atoms with van der Waals surface area (Å²) in [7, 11) is 0. The van der Waals surface area contributed by atoms with Crippen molar-refractivity contribution in [2.75, 3.05) is 17.7 Å². The van der Waals surface area contributed by atoms with Crippen LogP contribution in [0.3, 0.4) is 0 Å². The molecule has 74 valence electrons. The molecule has 14 heavy (non-hydrogen) atoms. The molecule has 0 spiro atoms. The number of nitrogens with zero attached hydrogens (tertiary/aromatic N) is 4. The van der Waals surface area contributed by atoms with E-state index in [9.17, 15) is 0 Å². The average Bonchev–Trinajstić information content (AvgIpc) is 2.65. The minimum absolute atomic E-state index is 0.655. The molecule has 5 nitrogen and oxygen atoms in total. The summed E-state index contributed by atoms with van der Waals surface area (Å²) >= 11 is 5.56. The van der Waals surface area contributed by atoms with Crippen molar-refractivity contribution in [1.29, 1.82) is 0 Å². The van der Waals surface area contributed by atoms with Gasteiger partial charge in [0.25, 0.3) is 0 Å². The third-order valence-corrected chi connectivity index (χ3v) is 2.05. The van der Waals surface area contributed by atoms with Crippen LogP contribution in [-0.2, 0) is 0 Å². The molecule has 2 aromatic rings. The lowest BCUT2D eigenvalue weighted by molar-refractivity contribution is 0.902. The van der Waals surface area contributed by atoms with Crippen LogP contribution in [0, 0.1) is 0 Å². The molecule has 2 rings (SSSR count). The number of rotatable bonds is 4. The highest BCUT2D eigenvalue weighted by Crippen LogP contribution is 2.03. The molecule has 0 aliphatic heterocycles. The molecule has 2 aromatic heterocycles. The van der Waals surface area contributed by atoms with Gasteiger partial charge in [0.2, 0.25) is 0 Å². The molecule has 2 heterocycles. The molecule has 0 saturated carbocycles. The number of hydrogen-bond donors (Lipinski definition) is 1. The summed E-state index contributed by atoms with van der Waals surface area (Å²) < 4.78 is 1.63. The predicted molar refractivity (Wildman–Crippen MR) is 54.6 cm³/mol. The molecule has 0 aliphatic carbocycles. The quantitative estimate of drug-likeness (QED) is 0.609. The van der Waals surface area contributed by atoms with Gasteiger partial charge in [-0.05, 0) is 18.6 Å². The van der Waals surface area contributed by atoms with Crippen molar-refractivity contribution in [2.24, 2.45) is 0 Å². The van der Waals surface area contributed by atoms with E-state index >= 15 is 0 Å². The van der Waals surface area contributed by atoms with Crippen LogP contribution in [0.25, 0.3) is 5.65 Å². The first-order valence-corrected chi connectivity index (χ1v) is 4.90. The molecule has 0 fully saturated rings. The van der Waals surface area contributed by atoms with Crippen molar-refractivity contribution in [1.82, 2.24) is 19.8 Å². The molecule has 6 heteroatoms. The van der Waals surface area contributed by atoms with Gasteiger partial charge in [0.05, 0.1) is 0 Å². The molecule has 0 bridgehead atoms. The van der Waals surface area contributed by atoms with E-state index in [1.807, 2.05) is 12.1 Å². The Morgan fingerprint density at radius 1 is 1.43 bits per heavy atom. The first-order chi connectivity index (χ1) is 6.90. The fourth-order valence-electron chi connectivity index (χ4n) is 1.11. The highest BCUT2D eigenvalue weighted by molar-refractivity contribution is 6.17. The van der Waals surface area contributed by atoms with Crippen molar-refractivity contribution < 1.29 is 0 Å². The first-order valence-electron chi connectivity index (χ1n) is 4.37. The molecule has 0 saturated heterocycles. The van der Waals surface area contributed by atoms with Crippen LogP contribution < -0.4 is 5.32 Å². The Balaban J connectivity index is 2.10. The molecule has 0 aliphatic rings.